The van der Waals surface area contributed by atoms with E-state index in [1.54, 1.807) is 0 Å². The van der Waals surface area contributed by atoms with Crippen molar-refractivity contribution in [2.45, 2.75) is 51.0 Å². The number of aliphatic hydroxyl groups is 1. The number of hydrogen-bond donors (Lipinski definition) is 1. The molecule has 1 saturated carbocycles. The molecule has 1 aliphatic heterocycles. The van der Waals surface area contributed by atoms with Crippen LogP contribution >= 0.6 is 0 Å². The average Bonchev–Trinajstić information content (AvgIpc) is 2.78. The van der Waals surface area contributed by atoms with Crippen molar-refractivity contribution in [1.82, 2.24) is 4.90 Å². The van der Waals surface area contributed by atoms with Crippen molar-refractivity contribution in [2.75, 3.05) is 6.54 Å². The summed E-state index contributed by atoms with van der Waals surface area (Å²) in [4.78, 5) is 13.6. The van der Waals surface area contributed by atoms with Crippen molar-refractivity contribution in [3.8, 4) is 0 Å². The first-order valence-corrected chi connectivity index (χ1v) is 7.29. The molecule has 108 valence electrons. The Bertz CT molecular complexity index is 502. The summed E-state index contributed by atoms with van der Waals surface area (Å²) in [6.07, 6.45) is 1.74. The summed E-state index contributed by atoms with van der Waals surface area (Å²) in [5, 5.41) is 9.89. The number of rotatable bonds is 2. The molecule has 1 fully saturated rings. The molecule has 0 spiro atoms. The number of carbonyl (C=O) groups is 1. The molecule has 20 heavy (non-hydrogen) atoms. The summed E-state index contributed by atoms with van der Waals surface area (Å²) in [6, 6.07) is 8.63. The smallest absolute Gasteiger partial charge is 0.302 e. The number of benzene rings is 1. The van der Waals surface area contributed by atoms with Crippen LogP contribution in [0.15, 0.2) is 24.3 Å². The predicted octanol–water partition coefficient (Wildman–Crippen LogP) is 1.50. The third-order valence-electron chi connectivity index (χ3n) is 4.39. The Morgan fingerprint density at radius 1 is 1.30 bits per heavy atom. The molecule has 3 atom stereocenters. The highest BCUT2D eigenvalue weighted by molar-refractivity contribution is 5.66. The van der Waals surface area contributed by atoms with Crippen molar-refractivity contribution in [3.05, 3.63) is 35.4 Å². The van der Waals surface area contributed by atoms with Crippen LogP contribution < -0.4 is 0 Å². The Kier molecular flexibility index (Phi) is 3.76. The maximum Gasteiger partial charge on any atom is 0.302 e. The summed E-state index contributed by atoms with van der Waals surface area (Å²) >= 11 is 0. The minimum Gasteiger partial charge on any atom is -0.461 e. The van der Waals surface area contributed by atoms with Gasteiger partial charge < -0.3 is 9.84 Å². The van der Waals surface area contributed by atoms with Gasteiger partial charge in [0.1, 0.15) is 6.10 Å². The Balaban J connectivity index is 1.74. The number of aliphatic hydroxyl groups excluding tert-OH is 1. The fraction of sp³-hybridized carbons (Fsp3) is 0.562. The van der Waals surface area contributed by atoms with Crippen LogP contribution in [0.1, 0.15) is 30.9 Å². The zero-order valence-electron chi connectivity index (χ0n) is 11.8. The third kappa shape index (κ3) is 2.72. The van der Waals surface area contributed by atoms with E-state index in [2.05, 4.69) is 29.2 Å². The van der Waals surface area contributed by atoms with Gasteiger partial charge in [-0.25, -0.2) is 0 Å². The van der Waals surface area contributed by atoms with Gasteiger partial charge in [0.25, 0.3) is 0 Å². The van der Waals surface area contributed by atoms with E-state index >= 15 is 0 Å². The van der Waals surface area contributed by atoms with Gasteiger partial charge in [0.15, 0.2) is 0 Å². The number of hydrogen-bond acceptors (Lipinski definition) is 4. The minimum absolute atomic E-state index is 0.141. The quantitative estimate of drug-likeness (QED) is 0.831. The maximum atomic E-state index is 11.2. The van der Waals surface area contributed by atoms with Gasteiger partial charge in [0, 0.05) is 32.5 Å². The van der Waals surface area contributed by atoms with Crippen molar-refractivity contribution in [2.24, 2.45) is 0 Å². The molecule has 0 amide bonds. The first kappa shape index (κ1) is 13.6. The van der Waals surface area contributed by atoms with E-state index in [-0.39, 0.29) is 24.2 Å². The Morgan fingerprint density at radius 3 is 2.80 bits per heavy atom. The van der Waals surface area contributed by atoms with Crippen molar-refractivity contribution in [1.29, 1.82) is 0 Å². The van der Waals surface area contributed by atoms with Gasteiger partial charge in [0.05, 0.1) is 6.10 Å². The van der Waals surface area contributed by atoms with Crippen molar-refractivity contribution >= 4 is 5.97 Å². The van der Waals surface area contributed by atoms with Gasteiger partial charge >= 0.3 is 5.97 Å². The van der Waals surface area contributed by atoms with Gasteiger partial charge in [-0.3, -0.25) is 9.69 Å². The molecule has 1 N–H and O–H groups in total. The highest BCUT2D eigenvalue weighted by Crippen LogP contribution is 2.31. The first-order chi connectivity index (χ1) is 9.63. The molecule has 0 unspecified atom stereocenters. The molecule has 1 aliphatic carbocycles. The zero-order chi connectivity index (χ0) is 14.1. The van der Waals surface area contributed by atoms with E-state index in [4.69, 9.17) is 4.74 Å². The number of ether oxygens (including phenoxy) is 1. The lowest BCUT2D eigenvalue weighted by atomic mass is 9.98. The molecule has 1 heterocycles. The average molecular weight is 275 g/mol. The lowest BCUT2D eigenvalue weighted by Crippen LogP contribution is -2.44. The number of esters is 1. The fourth-order valence-electron chi connectivity index (χ4n) is 3.48. The molecule has 0 radical (unpaired) electrons. The van der Waals surface area contributed by atoms with Crippen LogP contribution in [0.2, 0.25) is 0 Å². The zero-order valence-corrected chi connectivity index (χ0v) is 11.8. The van der Waals surface area contributed by atoms with Crippen LogP contribution in [-0.2, 0) is 22.5 Å². The van der Waals surface area contributed by atoms with E-state index < -0.39 is 0 Å². The number of fused-ring (bicyclic) bond motifs is 1. The topological polar surface area (TPSA) is 49.8 Å². The molecular weight excluding hydrogens is 254 g/mol. The van der Waals surface area contributed by atoms with Gasteiger partial charge in [0.2, 0.25) is 0 Å². The third-order valence-corrected chi connectivity index (χ3v) is 4.39. The molecule has 1 aromatic rings. The van der Waals surface area contributed by atoms with Crippen molar-refractivity contribution < 1.29 is 14.6 Å². The normalized spacial score (nSPS) is 30.0. The lowest BCUT2D eigenvalue weighted by Gasteiger charge is -2.36. The molecule has 0 saturated heterocycles. The monoisotopic (exact) mass is 275 g/mol. The fourth-order valence-corrected chi connectivity index (χ4v) is 3.48. The summed E-state index contributed by atoms with van der Waals surface area (Å²) in [5.74, 6) is -0.258. The van der Waals surface area contributed by atoms with Gasteiger partial charge in [-0.2, -0.15) is 0 Å². The summed E-state index contributed by atoms with van der Waals surface area (Å²) in [5.41, 5.74) is 2.76. The summed E-state index contributed by atoms with van der Waals surface area (Å²) in [7, 11) is 0. The lowest BCUT2D eigenvalue weighted by molar-refractivity contribution is -0.149. The highest BCUT2D eigenvalue weighted by Gasteiger charge is 2.39. The van der Waals surface area contributed by atoms with Crippen LogP contribution in [0.5, 0.6) is 0 Å². The molecule has 0 bridgehead atoms. The van der Waals surface area contributed by atoms with Crippen LogP contribution in [-0.4, -0.2) is 40.8 Å². The van der Waals surface area contributed by atoms with E-state index in [9.17, 15) is 9.90 Å². The van der Waals surface area contributed by atoms with Crippen molar-refractivity contribution in [3.63, 3.8) is 0 Å². The summed E-state index contributed by atoms with van der Waals surface area (Å²) < 4.78 is 5.39. The van der Waals surface area contributed by atoms with E-state index in [0.717, 1.165) is 19.5 Å². The molecule has 3 rings (SSSR count). The Morgan fingerprint density at radius 2 is 2.05 bits per heavy atom. The van der Waals surface area contributed by atoms with Crippen LogP contribution in [0.25, 0.3) is 0 Å². The summed E-state index contributed by atoms with van der Waals surface area (Å²) in [6.45, 7) is 3.28. The van der Waals surface area contributed by atoms with E-state index in [0.29, 0.717) is 12.8 Å². The molecule has 0 aromatic heterocycles. The SMILES string of the molecule is CC(=O)O[C@H]1C[C@H](O)C[C@@H]1N1CCc2ccccc2C1. The van der Waals surface area contributed by atoms with E-state index in [1.807, 2.05) is 0 Å². The standard InChI is InChI=1S/C16H21NO3/c1-11(18)20-16-9-14(19)8-15(16)17-7-6-12-4-2-3-5-13(12)10-17/h2-5,14-16,19H,6-10H2,1H3/t14-,15+,16+/m1/s1. The predicted molar refractivity (Wildman–Crippen MR) is 75.1 cm³/mol. The van der Waals surface area contributed by atoms with Crippen LogP contribution in [0, 0.1) is 0 Å². The maximum absolute atomic E-state index is 11.2. The Labute approximate surface area is 119 Å². The molecule has 2 aliphatic rings. The first-order valence-electron chi connectivity index (χ1n) is 7.29. The van der Waals surface area contributed by atoms with Gasteiger partial charge in [-0.05, 0) is 24.0 Å². The Hall–Kier alpha value is -1.39. The second-order valence-corrected chi connectivity index (χ2v) is 5.83. The largest absolute Gasteiger partial charge is 0.461 e. The van der Waals surface area contributed by atoms with Crippen LogP contribution in [0.3, 0.4) is 0 Å². The highest BCUT2D eigenvalue weighted by atomic mass is 16.5. The number of nitrogens with zero attached hydrogens (tertiary/aromatic N) is 1. The van der Waals surface area contributed by atoms with Gasteiger partial charge in [-0.1, -0.05) is 24.3 Å². The van der Waals surface area contributed by atoms with Crippen LogP contribution in [0.4, 0.5) is 0 Å². The molecule has 4 heteroatoms. The molecule has 4 nitrogen and oxygen atoms in total. The minimum atomic E-state index is -0.360. The second-order valence-electron chi connectivity index (χ2n) is 5.83. The molecular formula is C16H21NO3. The van der Waals surface area contributed by atoms with E-state index in [1.165, 1.54) is 18.1 Å². The molecule has 1 aromatic carbocycles. The second kappa shape index (κ2) is 5.54. The number of carbonyl (C=O) groups excluding carboxylic acids is 1. The van der Waals surface area contributed by atoms with Gasteiger partial charge in [-0.15, -0.1) is 0 Å².